The van der Waals surface area contributed by atoms with E-state index in [1.54, 1.807) is 12.1 Å². The van der Waals surface area contributed by atoms with Gasteiger partial charge in [0.25, 0.3) is 0 Å². The minimum atomic E-state index is -3.19. The first-order chi connectivity index (χ1) is 9.95. The van der Waals surface area contributed by atoms with Crippen LogP contribution in [0.4, 0.5) is 5.69 Å². The van der Waals surface area contributed by atoms with E-state index in [1.165, 1.54) is 0 Å². The van der Waals surface area contributed by atoms with Gasteiger partial charge in [-0.3, -0.25) is 0 Å². The van der Waals surface area contributed by atoms with Gasteiger partial charge < -0.3 is 10.6 Å². The van der Waals surface area contributed by atoms with Crippen molar-refractivity contribution in [1.29, 1.82) is 0 Å². The van der Waals surface area contributed by atoms with Gasteiger partial charge in [0.15, 0.2) is 9.84 Å². The summed E-state index contributed by atoms with van der Waals surface area (Å²) in [7, 11) is -3.19. The second kappa shape index (κ2) is 6.79. The zero-order chi connectivity index (χ0) is 15.5. The fraction of sp³-hybridized carbons (Fsp3) is 0.625. The molecule has 2 N–H and O–H groups in total. The van der Waals surface area contributed by atoms with Crippen LogP contribution in [0.5, 0.6) is 0 Å². The number of hydrogen-bond donors (Lipinski definition) is 1. The summed E-state index contributed by atoms with van der Waals surface area (Å²) in [5.74, 6) is 0.751. The van der Waals surface area contributed by atoms with E-state index in [-0.39, 0.29) is 11.8 Å². The highest BCUT2D eigenvalue weighted by atomic mass is 32.2. The van der Waals surface area contributed by atoms with Crippen LogP contribution >= 0.6 is 0 Å². The number of sulfone groups is 1. The lowest BCUT2D eigenvalue weighted by molar-refractivity contribution is 0.354. The molecule has 118 valence electrons. The Kier molecular flexibility index (Phi) is 5.27. The second-order valence-corrected chi connectivity index (χ2v) is 8.05. The van der Waals surface area contributed by atoms with Crippen LogP contribution in [0.15, 0.2) is 29.2 Å². The Balaban J connectivity index is 2.22. The smallest absolute Gasteiger partial charge is 0.180 e. The van der Waals surface area contributed by atoms with Gasteiger partial charge in [-0.25, -0.2) is 8.42 Å². The zero-order valence-electron chi connectivity index (χ0n) is 13.0. The van der Waals surface area contributed by atoms with E-state index in [0.29, 0.717) is 17.2 Å². The van der Waals surface area contributed by atoms with Crippen LogP contribution in [0, 0.1) is 5.92 Å². The van der Waals surface area contributed by atoms with Crippen molar-refractivity contribution < 1.29 is 8.42 Å². The first-order valence-corrected chi connectivity index (χ1v) is 9.43. The molecule has 5 heteroatoms. The second-order valence-electron chi connectivity index (χ2n) is 5.97. The molecule has 0 aromatic heterocycles. The van der Waals surface area contributed by atoms with E-state index in [4.69, 9.17) is 5.73 Å². The van der Waals surface area contributed by atoms with Gasteiger partial charge >= 0.3 is 0 Å². The van der Waals surface area contributed by atoms with Crippen LogP contribution in [0.2, 0.25) is 0 Å². The van der Waals surface area contributed by atoms with Crippen LogP contribution in [0.1, 0.15) is 33.1 Å². The summed E-state index contributed by atoms with van der Waals surface area (Å²) in [6.45, 7) is 5.71. The zero-order valence-corrected chi connectivity index (χ0v) is 13.8. The summed E-state index contributed by atoms with van der Waals surface area (Å²) in [5.41, 5.74) is 6.83. The fourth-order valence-corrected chi connectivity index (χ4v) is 4.59. The molecule has 0 radical (unpaired) electrons. The number of para-hydroxylation sites is 1. The van der Waals surface area contributed by atoms with Crippen molar-refractivity contribution in [3.8, 4) is 0 Å². The molecule has 1 atom stereocenters. The molecule has 1 heterocycles. The third-order valence-corrected chi connectivity index (χ3v) is 6.26. The van der Waals surface area contributed by atoms with Crippen molar-refractivity contribution >= 4 is 15.5 Å². The highest BCUT2D eigenvalue weighted by Gasteiger charge is 2.26. The first-order valence-electron chi connectivity index (χ1n) is 7.78. The standard InChI is InChI=1S/C16H26N2O2S/c1-3-12-21(19,20)16-7-5-4-6-15(16)18-10-8-14(9-11-18)13(2)17/h4-7,13-14H,3,8-12,17H2,1-2H3. The molecule has 1 aliphatic rings. The van der Waals surface area contributed by atoms with Gasteiger partial charge in [0.05, 0.1) is 16.3 Å². The maximum atomic E-state index is 12.4. The van der Waals surface area contributed by atoms with Crippen molar-refractivity contribution in [1.82, 2.24) is 0 Å². The number of nitrogens with two attached hydrogens (primary N) is 1. The monoisotopic (exact) mass is 310 g/mol. The Bertz CT molecular complexity index is 561. The van der Waals surface area contributed by atoms with Crippen LogP contribution < -0.4 is 10.6 Å². The Morgan fingerprint density at radius 3 is 2.48 bits per heavy atom. The lowest BCUT2D eigenvalue weighted by atomic mass is 9.91. The topological polar surface area (TPSA) is 63.4 Å². The summed E-state index contributed by atoms with van der Waals surface area (Å²) >= 11 is 0. The van der Waals surface area contributed by atoms with Gasteiger partial charge in [0.2, 0.25) is 0 Å². The first kappa shape index (κ1) is 16.3. The molecule has 1 unspecified atom stereocenters. The Morgan fingerprint density at radius 2 is 1.90 bits per heavy atom. The SMILES string of the molecule is CCCS(=O)(=O)c1ccccc1N1CCC(C(C)N)CC1. The minimum Gasteiger partial charge on any atom is -0.370 e. The van der Waals surface area contributed by atoms with E-state index < -0.39 is 9.84 Å². The Labute approximate surface area is 128 Å². The van der Waals surface area contributed by atoms with Crippen LogP contribution in [-0.4, -0.2) is 33.3 Å². The Morgan fingerprint density at radius 1 is 1.29 bits per heavy atom. The van der Waals surface area contributed by atoms with E-state index in [9.17, 15) is 8.42 Å². The summed E-state index contributed by atoms with van der Waals surface area (Å²) < 4.78 is 24.8. The largest absolute Gasteiger partial charge is 0.370 e. The molecule has 0 bridgehead atoms. The number of piperidine rings is 1. The molecule has 21 heavy (non-hydrogen) atoms. The lowest BCUT2D eigenvalue weighted by Gasteiger charge is -2.36. The average molecular weight is 310 g/mol. The number of benzene rings is 1. The molecular weight excluding hydrogens is 284 g/mol. The number of anilines is 1. The average Bonchev–Trinajstić information content (AvgIpc) is 2.47. The predicted molar refractivity (Wildman–Crippen MR) is 87.4 cm³/mol. The maximum absolute atomic E-state index is 12.4. The van der Waals surface area contributed by atoms with E-state index >= 15 is 0 Å². The van der Waals surface area contributed by atoms with Crippen LogP contribution in [0.25, 0.3) is 0 Å². The molecule has 1 fully saturated rings. The molecule has 1 aromatic carbocycles. The minimum absolute atomic E-state index is 0.209. The van der Waals surface area contributed by atoms with Crippen molar-refractivity contribution in [2.45, 2.75) is 44.0 Å². The molecule has 1 aliphatic heterocycles. The van der Waals surface area contributed by atoms with Gasteiger partial charge in [-0.05, 0) is 44.2 Å². The van der Waals surface area contributed by atoms with Gasteiger partial charge in [0, 0.05) is 19.1 Å². The summed E-state index contributed by atoms with van der Waals surface area (Å²) in [5, 5.41) is 0. The summed E-state index contributed by atoms with van der Waals surface area (Å²) in [6.07, 6.45) is 2.70. The lowest BCUT2D eigenvalue weighted by Crippen LogP contribution is -2.40. The molecular formula is C16H26N2O2S. The van der Waals surface area contributed by atoms with Crippen molar-refractivity contribution in [3.05, 3.63) is 24.3 Å². The van der Waals surface area contributed by atoms with Crippen molar-refractivity contribution in [3.63, 3.8) is 0 Å². The highest BCUT2D eigenvalue weighted by Crippen LogP contribution is 2.30. The molecule has 0 aliphatic carbocycles. The normalized spacial score (nSPS) is 18.7. The number of hydrogen-bond acceptors (Lipinski definition) is 4. The number of rotatable bonds is 5. The van der Waals surface area contributed by atoms with Gasteiger partial charge in [-0.1, -0.05) is 19.1 Å². The van der Waals surface area contributed by atoms with Crippen LogP contribution in [-0.2, 0) is 9.84 Å². The van der Waals surface area contributed by atoms with E-state index in [2.05, 4.69) is 11.8 Å². The van der Waals surface area contributed by atoms with Gasteiger partial charge in [0.1, 0.15) is 0 Å². The van der Waals surface area contributed by atoms with Gasteiger partial charge in [-0.15, -0.1) is 0 Å². The highest BCUT2D eigenvalue weighted by molar-refractivity contribution is 7.91. The van der Waals surface area contributed by atoms with Crippen molar-refractivity contribution in [2.75, 3.05) is 23.7 Å². The molecule has 4 nitrogen and oxygen atoms in total. The summed E-state index contributed by atoms with van der Waals surface area (Å²) in [6, 6.07) is 7.59. The molecule has 0 saturated carbocycles. The van der Waals surface area contributed by atoms with Crippen LogP contribution in [0.3, 0.4) is 0 Å². The van der Waals surface area contributed by atoms with E-state index in [0.717, 1.165) is 31.6 Å². The maximum Gasteiger partial charge on any atom is 0.180 e. The van der Waals surface area contributed by atoms with E-state index in [1.807, 2.05) is 19.1 Å². The molecule has 1 saturated heterocycles. The van der Waals surface area contributed by atoms with Crippen molar-refractivity contribution in [2.24, 2.45) is 11.7 Å². The summed E-state index contributed by atoms with van der Waals surface area (Å²) in [4.78, 5) is 2.67. The van der Waals surface area contributed by atoms with Gasteiger partial charge in [-0.2, -0.15) is 0 Å². The quantitative estimate of drug-likeness (QED) is 0.907. The molecule has 0 spiro atoms. The molecule has 1 aromatic rings. The Hall–Kier alpha value is -1.07. The third kappa shape index (κ3) is 3.77. The third-order valence-electron chi connectivity index (χ3n) is 4.30. The number of nitrogens with zero attached hydrogens (tertiary/aromatic N) is 1. The fourth-order valence-electron chi connectivity index (χ4n) is 3.03. The molecule has 0 amide bonds. The predicted octanol–water partition coefficient (Wildman–Crippen LogP) is 2.43. The molecule has 2 rings (SSSR count).